The molecule has 2 heterocycles. The number of nitrogens with one attached hydrogen (secondary N) is 1. The van der Waals surface area contributed by atoms with Crippen LogP contribution in [0.2, 0.25) is 0 Å². The van der Waals surface area contributed by atoms with Crippen molar-refractivity contribution in [3.8, 4) is 22.8 Å². The van der Waals surface area contributed by atoms with Gasteiger partial charge in [0.15, 0.2) is 0 Å². The van der Waals surface area contributed by atoms with Crippen LogP contribution < -0.4 is 14.2 Å². The molecule has 0 spiro atoms. The van der Waals surface area contributed by atoms with Crippen molar-refractivity contribution in [3.63, 3.8) is 0 Å². The van der Waals surface area contributed by atoms with Crippen LogP contribution in [0.1, 0.15) is 19.3 Å². The summed E-state index contributed by atoms with van der Waals surface area (Å²) in [5.41, 5.74) is 1.58. The number of methoxy groups -OCH3 is 2. The van der Waals surface area contributed by atoms with Crippen molar-refractivity contribution in [2.24, 2.45) is 0 Å². The minimum absolute atomic E-state index is 0.104. The van der Waals surface area contributed by atoms with Gasteiger partial charge in [-0.25, -0.2) is 13.1 Å². The number of hydrogen-bond donors (Lipinski definition) is 2. The van der Waals surface area contributed by atoms with Crippen molar-refractivity contribution >= 4 is 10.0 Å². The molecule has 1 fully saturated rings. The van der Waals surface area contributed by atoms with E-state index in [1.165, 1.54) is 19.2 Å². The van der Waals surface area contributed by atoms with Crippen LogP contribution in [-0.2, 0) is 21.3 Å². The molecule has 1 aromatic heterocycles. The molecule has 1 aliphatic heterocycles. The van der Waals surface area contributed by atoms with Crippen LogP contribution in [0.25, 0.3) is 11.3 Å². The van der Waals surface area contributed by atoms with E-state index >= 15 is 0 Å². The maximum atomic E-state index is 12.9. The second kappa shape index (κ2) is 11.2. The average Bonchev–Trinajstić information content (AvgIpc) is 3.36. The lowest BCUT2D eigenvalue weighted by Crippen LogP contribution is -2.50. The molecular formula is C24H30N4O6S. The fourth-order valence-electron chi connectivity index (χ4n) is 4.18. The number of para-hydroxylation sites is 1. The topological polar surface area (TPSA) is 125 Å². The SMILES string of the molecule is COc1cccc(S(=O)(=O)N[C@@H]2CC[C@H](CCn3cc(-c4ccccc4OC)nn3)O[C@H]2CO)c1. The largest absolute Gasteiger partial charge is 0.497 e. The second-order valence-electron chi connectivity index (χ2n) is 8.32. The first-order valence-corrected chi connectivity index (χ1v) is 12.9. The first-order chi connectivity index (χ1) is 16.9. The van der Waals surface area contributed by atoms with E-state index < -0.39 is 22.2 Å². The highest BCUT2D eigenvalue weighted by atomic mass is 32.2. The van der Waals surface area contributed by atoms with Crippen molar-refractivity contribution < 1.29 is 27.7 Å². The molecule has 0 saturated carbocycles. The molecule has 0 aliphatic carbocycles. The molecule has 188 valence electrons. The Hall–Kier alpha value is -2.99. The highest BCUT2D eigenvalue weighted by Crippen LogP contribution is 2.28. The monoisotopic (exact) mass is 502 g/mol. The molecule has 10 nitrogen and oxygen atoms in total. The van der Waals surface area contributed by atoms with E-state index in [2.05, 4.69) is 15.0 Å². The number of aliphatic hydroxyl groups excluding tert-OH is 1. The molecule has 3 atom stereocenters. The minimum Gasteiger partial charge on any atom is -0.497 e. The molecule has 1 saturated heterocycles. The van der Waals surface area contributed by atoms with Crippen LogP contribution in [0, 0.1) is 0 Å². The lowest BCUT2D eigenvalue weighted by atomic mass is 9.98. The van der Waals surface area contributed by atoms with Crippen LogP contribution >= 0.6 is 0 Å². The van der Waals surface area contributed by atoms with Crippen molar-refractivity contribution in [3.05, 3.63) is 54.7 Å². The summed E-state index contributed by atoms with van der Waals surface area (Å²) in [5, 5.41) is 18.3. The van der Waals surface area contributed by atoms with Gasteiger partial charge in [-0.15, -0.1) is 5.10 Å². The third kappa shape index (κ3) is 5.99. The standard InChI is InChI=1S/C24H30N4O6S/c1-32-18-6-5-7-19(14-18)35(30,31)26-21-11-10-17(34-24(21)16-29)12-13-28-15-22(25-27-28)20-8-3-4-9-23(20)33-2/h3-9,14-15,17,21,24,26,29H,10-13,16H2,1-2H3/t17-,21-,24+/m1/s1. The van der Waals surface area contributed by atoms with Gasteiger partial charge in [0, 0.05) is 18.2 Å². The maximum absolute atomic E-state index is 12.9. The Balaban J connectivity index is 1.35. The number of ether oxygens (including phenoxy) is 3. The zero-order valence-electron chi connectivity index (χ0n) is 19.7. The number of hydrogen-bond acceptors (Lipinski definition) is 8. The Morgan fingerprint density at radius 1 is 1.14 bits per heavy atom. The number of aryl methyl sites for hydroxylation is 1. The van der Waals surface area contributed by atoms with Crippen LogP contribution in [-0.4, -0.2) is 67.6 Å². The average molecular weight is 503 g/mol. The zero-order chi connectivity index (χ0) is 24.8. The van der Waals surface area contributed by atoms with Gasteiger partial charge in [0.1, 0.15) is 17.2 Å². The maximum Gasteiger partial charge on any atom is 0.241 e. The lowest BCUT2D eigenvalue weighted by molar-refractivity contribution is -0.0891. The number of rotatable bonds is 10. The molecule has 1 aliphatic rings. The van der Waals surface area contributed by atoms with Gasteiger partial charge in [-0.05, 0) is 43.5 Å². The van der Waals surface area contributed by atoms with Gasteiger partial charge in [0.05, 0.1) is 50.2 Å². The number of benzene rings is 2. The van der Waals surface area contributed by atoms with Gasteiger partial charge in [-0.2, -0.15) is 0 Å². The first kappa shape index (κ1) is 25.1. The number of nitrogens with zero attached hydrogens (tertiary/aromatic N) is 3. The van der Waals surface area contributed by atoms with Gasteiger partial charge < -0.3 is 19.3 Å². The molecule has 35 heavy (non-hydrogen) atoms. The normalized spacial score (nSPS) is 20.5. The summed E-state index contributed by atoms with van der Waals surface area (Å²) in [4.78, 5) is 0.104. The summed E-state index contributed by atoms with van der Waals surface area (Å²) in [6, 6.07) is 13.3. The van der Waals surface area contributed by atoms with Gasteiger partial charge in [0.2, 0.25) is 10.0 Å². The number of aliphatic hydroxyl groups is 1. The second-order valence-corrected chi connectivity index (χ2v) is 10.0. The van der Waals surface area contributed by atoms with Gasteiger partial charge in [-0.1, -0.05) is 23.4 Å². The lowest BCUT2D eigenvalue weighted by Gasteiger charge is -2.36. The fraction of sp³-hybridized carbons (Fsp3) is 0.417. The van der Waals surface area contributed by atoms with E-state index in [0.717, 1.165) is 11.3 Å². The van der Waals surface area contributed by atoms with Gasteiger partial charge >= 0.3 is 0 Å². The summed E-state index contributed by atoms with van der Waals surface area (Å²) >= 11 is 0. The van der Waals surface area contributed by atoms with E-state index in [1.54, 1.807) is 23.9 Å². The van der Waals surface area contributed by atoms with E-state index in [0.29, 0.717) is 37.3 Å². The number of sulfonamides is 1. The first-order valence-electron chi connectivity index (χ1n) is 11.4. The summed E-state index contributed by atoms with van der Waals surface area (Å²) < 4.78 is 46.7. The zero-order valence-corrected chi connectivity index (χ0v) is 20.5. The fourth-order valence-corrected chi connectivity index (χ4v) is 5.51. The molecule has 0 unspecified atom stereocenters. The Morgan fingerprint density at radius 3 is 2.74 bits per heavy atom. The summed E-state index contributed by atoms with van der Waals surface area (Å²) in [6.45, 7) is 0.286. The molecule has 2 aromatic carbocycles. The number of aromatic nitrogens is 3. The van der Waals surface area contributed by atoms with Crippen molar-refractivity contribution in [2.75, 3.05) is 20.8 Å². The van der Waals surface area contributed by atoms with Crippen molar-refractivity contribution in [1.82, 2.24) is 19.7 Å². The van der Waals surface area contributed by atoms with Gasteiger partial charge in [0.25, 0.3) is 0 Å². The molecule has 0 amide bonds. The minimum atomic E-state index is -3.79. The Morgan fingerprint density at radius 2 is 1.97 bits per heavy atom. The smallest absolute Gasteiger partial charge is 0.241 e. The molecule has 0 bridgehead atoms. The highest BCUT2D eigenvalue weighted by molar-refractivity contribution is 7.89. The van der Waals surface area contributed by atoms with Crippen LogP contribution in [0.15, 0.2) is 59.6 Å². The molecule has 11 heteroatoms. The third-order valence-corrected chi connectivity index (χ3v) is 7.54. The molecule has 0 radical (unpaired) electrons. The summed E-state index contributed by atoms with van der Waals surface area (Å²) in [7, 11) is -0.694. The Bertz CT molecular complexity index is 1230. The Kier molecular flexibility index (Phi) is 8.01. The Labute approximate surface area is 204 Å². The van der Waals surface area contributed by atoms with Crippen LogP contribution in [0.5, 0.6) is 11.5 Å². The van der Waals surface area contributed by atoms with E-state index in [1.807, 2.05) is 30.5 Å². The van der Waals surface area contributed by atoms with Gasteiger partial charge in [-0.3, -0.25) is 4.68 Å². The predicted molar refractivity (Wildman–Crippen MR) is 129 cm³/mol. The summed E-state index contributed by atoms with van der Waals surface area (Å²) in [5.74, 6) is 1.18. The molecule has 4 rings (SSSR count). The third-order valence-electron chi connectivity index (χ3n) is 6.06. The van der Waals surface area contributed by atoms with Crippen LogP contribution in [0.3, 0.4) is 0 Å². The molecular weight excluding hydrogens is 472 g/mol. The molecule has 3 aromatic rings. The highest BCUT2D eigenvalue weighted by Gasteiger charge is 2.34. The van der Waals surface area contributed by atoms with E-state index in [4.69, 9.17) is 14.2 Å². The molecule has 2 N–H and O–H groups in total. The quantitative estimate of drug-likeness (QED) is 0.433. The van der Waals surface area contributed by atoms with E-state index in [9.17, 15) is 13.5 Å². The van der Waals surface area contributed by atoms with Crippen molar-refractivity contribution in [1.29, 1.82) is 0 Å². The van der Waals surface area contributed by atoms with E-state index in [-0.39, 0.29) is 17.6 Å². The van der Waals surface area contributed by atoms with Crippen molar-refractivity contribution in [2.45, 2.75) is 49.0 Å². The van der Waals surface area contributed by atoms with Crippen LogP contribution in [0.4, 0.5) is 0 Å². The predicted octanol–water partition coefficient (Wildman–Crippen LogP) is 2.24. The summed E-state index contributed by atoms with van der Waals surface area (Å²) in [6.07, 6.45) is 2.92.